The number of Topliss-reactive ketones (excluding diaryl/α,β-unsaturated/α-hetero) is 1. The quantitative estimate of drug-likeness (QED) is 0.649. The Hall–Kier alpha value is -2.70. The van der Waals surface area contributed by atoms with E-state index in [0.717, 1.165) is 0 Å². The van der Waals surface area contributed by atoms with Crippen LogP contribution < -0.4 is 10.2 Å². The second kappa shape index (κ2) is 6.84. The number of amides is 1. The lowest BCUT2D eigenvalue weighted by atomic mass is 10.1. The summed E-state index contributed by atoms with van der Waals surface area (Å²) < 4.78 is 10.1. The van der Waals surface area contributed by atoms with Crippen LogP contribution in [0.15, 0.2) is 29.4 Å². The number of rotatable bonds is 5. The Kier molecular flexibility index (Phi) is 4.88. The van der Waals surface area contributed by atoms with Crippen LogP contribution in [0.5, 0.6) is 5.75 Å². The van der Waals surface area contributed by atoms with Crippen LogP contribution in [0.3, 0.4) is 0 Å². The highest BCUT2D eigenvalue weighted by atomic mass is 16.5. The van der Waals surface area contributed by atoms with Crippen molar-refractivity contribution in [3.8, 4) is 5.75 Å². The van der Waals surface area contributed by atoms with E-state index in [-0.39, 0.29) is 30.2 Å². The van der Waals surface area contributed by atoms with E-state index in [1.54, 1.807) is 24.3 Å². The molecular weight excluding hydrogens is 288 g/mol. The number of nitrogens with one attached hydrogen (secondary N) is 1. The molecule has 0 bridgehead atoms. The monoisotopic (exact) mass is 304 g/mol. The van der Waals surface area contributed by atoms with Gasteiger partial charge in [0.25, 0.3) is 0 Å². The van der Waals surface area contributed by atoms with E-state index in [2.05, 4.69) is 10.5 Å². The molecule has 1 heterocycles. The van der Waals surface area contributed by atoms with Crippen LogP contribution in [0.25, 0.3) is 0 Å². The van der Waals surface area contributed by atoms with E-state index in [4.69, 9.17) is 9.47 Å². The molecule has 1 aromatic rings. The molecule has 0 saturated carbocycles. The molecule has 0 saturated heterocycles. The van der Waals surface area contributed by atoms with Crippen molar-refractivity contribution < 1.29 is 23.9 Å². The fourth-order valence-electron chi connectivity index (χ4n) is 1.89. The Morgan fingerprint density at radius 2 is 1.91 bits per heavy atom. The van der Waals surface area contributed by atoms with Crippen molar-refractivity contribution in [2.45, 2.75) is 25.9 Å². The topological polar surface area (TPSA) is 94.1 Å². The maximum Gasteiger partial charge on any atom is 0.355 e. The lowest BCUT2D eigenvalue weighted by molar-refractivity contribution is -0.138. The van der Waals surface area contributed by atoms with Gasteiger partial charge in [-0.05, 0) is 31.2 Å². The molecule has 116 valence electrons. The second-order valence-corrected chi connectivity index (χ2v) is 4.73. The van der Waals surface area contributed by atoms with Gasteiger partial charge in [0.15, 0.2) is 6.10 Å². The number of ketones is 1. The molecule has 1 aromatic carbocycles. The zero-order valence-corrected chi connectivity index (χ0v) is 12.3. The molecule has 0 aliphatic carbocycles. The lowest BCUT2D eigenvalue weighted by Crippen LogP contribution is -2.34. The number of hydrogen-bond donors (Lipinski definition) is 1. The van der Waals surface area contributed by atoms with E-state index >= 15 is 0 Å². The minimum absolute atomic E-state index is 0.106. The third kappa shape index (κ3) is 3.69. The molecule has 22 heavy (non-hydrogen) atoms. The molecule has 7 heteroatoms. The Bertz CT molecular complexity index is 621. The highest BCUT2D eigenvalue weighted by Gasteiger charge is 2.24. The number of nitrogens with zero attached hydrogens (tertiary/aromatic N) is 1. The van der Waals surface area contributed by atoms with Gasteiger partial charge in [0.2, 0.25) is 11.7 Å². The number of esters is 1. The summed E-state index contributed by atoms with van der Waals surface area (Å²) in [6.45, 7) is 1.49. The van der Waals surface area contributed by atoms with Crippen LogP contribution in [0.4, 0.5) is 0 Å². The largest absolute Gasteiger partial charge is 0.497 e. The maximum atomic E-state index is 12.2. The van der Waals surface area contributed by atoms with Crippen LogP contribution in [-0.2, 0) is 14.3 Å². The molecule has 1 aliphatic heterocycles. The van der Waals surface area contributed by atoms with E-state index in [0.29, 0.717) is 11.3 Å². The van der Waals surface area contributed by atoms with E-state index in [1.807, 2.05) is 0 Å². The number of benzene rings is 1. The number of ether oxygens (including phenoxy) is 2. The van der Waals surface area contributed by atoms with Crippen molar-refractivity contribution in [2.75, 3.05) is 7.11 Å². The predicted molar refractivity (Wildman–Crippen MR) is 77.7 cm³/mol. The van der Waals surface area contributed by atoms with Crippen molar-refractivity contribution in [1.82, 2.24) is 5.43 Å². The molecule has 0 unspecified atom stereocenters. The van der Waals surface area contributed by atoms with Gasteiger partial charge in [-0.3, -0.25) is 9.59 Å². The summed E-state index contributed by atoms with van der Waals surface area (Å²) in [5.41, 5.74) is 2.73. The Morgan fingerprint density at radius 1 is 1.23 bits per heavy atom. The van der Waals surface area contributed by atoms with Crippen molar-refractivity contribution in [3.05, 3.63) is 29.8 Å². The number of hydrazone groups is 1. The first-order chi connectivity index (χ1) is 10.5. The van der Waals surface area contributed by atoms with Crippen molar-refractivity contribution in [1.29, 1.82) is 0 Å². The van der Waals surface area contributed by atoms with Gasteiger partial charge in [-0.25, -0.2) is 10.2 Å². The highest BCUT2D eigenvalue weighted by molar-refractivity contribution is 6.37. The third-order valence-electron chi connectivity index (χ3n) is 3.17. The first kappa shape index (κ1) is 15.7. The zero-order valence-electron chi connectivity index (χ0n) is 12.3. The van der Waals surface area contributed by atoms with Gasteiger partial charge < -0.3 is 9.47 Å². The maximum absolute atomic E-state index is 12.2. The van der Waals surface area contributed by atoms with E-state index in [9.17, 15) is 14.4 Å². The van der Waals surface area contributed by atoms with Gasteiger partial charge in [0.05, 0.1) is 7.11 Å². The van der Waals surface area contributed by atoms with Crippen molar-refractivity contribution in [3.63, 3.8) is 0 Å². The van der Waals surface area contributed by atoms with Crippen LogP contribution in [0.1, 0.15) is 30.1 Å². The molecule has 7 nitrogen and oxygen atoms in total. The van der Waals surface area contributed by atoms with Gasteiger partial charge in [-0.15, -0.1) is 0 Å². The highest BCUT2D eigenvalue weighted by Crippen LogP contribution is 2.14. The normalized spacial score (nSPS) is 15.4. The number of methoxy groups -OCH3 is 1. The summed E-state index contributed by atoms with van der Waals surface area (Å²) >= 11 is 0. The smallest absolute Gasteiger partial charge is 0.355 e. The average Bonchev–Trinajstić information content (AvgIpc) is 2.54. The first-order valence-corrected chi connectivity index (χ1v) is 6.76. The molecule has 1 atom stereocenters. The number of hydrogen-bond acceptors (Lipinski definition) is 6. The SMILES string of the molecule is COc1ccc(C(=O)[C@@H](C)OC(=O)C2=NNC(=O)CC2)cc1. The van der Waals surface area contributed by atoms with Crippen molar-refractivity contribution in [2.24, 2.45) is 5.10 Å². The molecule has 0 aromatic heterocycles. The first-order valence-electron chi connectivity index (χ1n) is 6.76. The van der Waals surface area contributed by atoms with Gasteiger partial charge >= 0.3 is 5.97 Å². The summed E-state index contributed by atoms with van der Waals surface area (Å²) in [5, 5.41) is 3.63. The molecule has 1 amide bonds. The van der Waals surface area contributed by atoms with Crippen LogP contribution in [-0.4, -0.2) is 36.6 Å². The second-order valence-electron chi connectivity index (χ2n) is 4.73. The molecule has 1 N–H and O–H groups in total. The van der Waals surface area contributed by atoms with Gasteiger partial charge in [0.1, 0.15) is 11.5 Å². The summed E-state index contributed by atoms with van der Waals surface area (Å²) in [6, 6.07) is 6.51. The standard InChI is InChI=1S/C15H16N2O5/c1-9(14(19)10-3-5-11(21-2)6-4-10)22-15(20)12-7-8-13(18)17-16-12/h3-6,9H,7-8H2,1-2H3,(H,17,18)/t9-/m1/s1. The predicted octanol–water partition coefficient (Wildman–Crippen LogP) is 1.08. The number of carbonyl (C=O) groups is 3. The molecule has 1 aliphatic rings. The molecule has 0 spiro atoms. The fraction of sp³-hybridized carbons (Fsp3) is 0.333. The van der Waals surface area contributed by atoms with Gasteiger partial charge in [0, 0.05) is 18.4 Å². The minimum atomic E-state index is -0.943. The van der Waals surface area contributed by atoms with Crippen LogP contribution in [0.2, 0.25) is 0 Å². The molecular formula is C15H16N2O5. The molecule has 2 rings (SSSR count). The van der Waals surface area contributed by atoms with Crippen LogP contribution in [0, 0.1) is 0 Å². The lowest BCUT2D eigenvalue weighted by Gasteiger charge is -2.15. The van der Waals surface area contributed by atoms with Crippen molar-refractivity contribution >= 4 is 23.4 Å². The molecule has 0 fully saturated rings. The Morgan fingerprint density at radius 3 is 2.45 bits per heavy atom. The van der Waals surface area contributed by atoms with Gasteiger partial charge in [-0.1, -0.05) is 0 Å². The van der Waals surface area contributed by atoms with E-state index in [1.165, 1.54) is 14.0 Å². The summed E-state index contributed by atoms with van der Waals surface area (Å²) in [5.74, 6) is -0.641. The zero-order chi connectivity index (χ0) is 16.1. The number of carbonyl (C=O) groups excluding carboxylic acids is 3. The summed E-state index contributed by atoms with van der Waals surface area (Å²) in [4.78, 5) is 35.0. The summed E-state index contributed by atoms with van der Waals surface area (Å²) in [6.07, 6.45) is -0.565. The summed E-state index contributed by atoms with van der Waals surface area (Å²) in [7, 11) is 1.53. The third-order valence-corrected chi connectivity index (χ3v) is 3.17. The van der Waals surface area contributed by atoms with Crippen LogP contribution >= 0.6 is 0 Å². The Balaban J connectivity index is 1.98. The average molecular weight is 304 g/mol. The fourth-order valence-corrected chi connectivity index (χ4v) is 1.89. The Labute approximate surface area is 127 Å². The van der Waals surface area contributed by atoms with Gasteiger partial charge in [-0.2, -0.15) is 5.10 Å². The minimum Gasteiger partial charge on any atom is -0.497 e. The molecule has 0 radical (unpaired) electrons. The van der Waals surface area contributed by atoms with E-state index < -0.39 is 12.1 Å².